The lowest BCUT2D eigenvalue weighted by Gasteiger charge is -2.05. The van der Waals surface area contributed by atoms with Crippen molar-refractivity contribution in [3.63, 3.8) is 0 Å². The Bertz CT molecular complexity index is 1070. The van der Waals surface area contributed by atoms with Crippen LogP contribution in [0.4, 0.5) is 0 Å². The van der Waals surface area contributed by atoms with Gasteiger partial charge in [-0.15, -0.1) is 0 Å². The fourth-order valence-corrected chi connectivity index (χ4v) is 3.57. The Balaban J connectivity index is 1.93. The Morgan fingerprint density at radius 1 is 1.41 bits per heavy atom. The minimum Gasteiger partial charge on any atom is -0.460 e. The number of rotatable bonds is 3. The Morgan fingerprint density at radius 2 is 2.22 bits per heavy atom. The third-order valence-corrected chi connectivity index (χ3v) is 5.10. The van der Waals surface area contributed by atoms with Crippen LogP contribution < -0.4 is 5.32 Å². The van der Waals surface area contributed by atoms with Crippen molar-refractivity contribution in [1.82, 2.24) is 20.4 Å². The second-order valence-electron chi connectivity index (χ2n) is 5.97. The van der Waals surface area contributed by atoms with Gasteiger partial charge in [-0.3, -0.25) is 4.79 Å². The molecule has 4 rings (SSSR count). The average molecular weight is 409 g/mol. The molecule has 0 aliphatic carbocycles. The summed E-state index contributed by atoms with van der Waals surface area (Å²) in [4.78, 5) is 31.3. The molecule has 0 bridgehead atoms. The Labute approximate surface area is 163 Å². The van der Waals surface area contributed by atoms with Gasteiger partial charge in [0.25, 0.3) is 11.7 Å². The number of fused-ring (bicyclic) bond motifs is 3. The number of halogens is 2. The first kappa shape index (κ1) is 17.8. The van der Waals surface area contributed by atoms with Crippen LogP contribution in [0.2, 0.25) is 10.0 Å². The summed E-state index contributed by atoms with van der Waals surface area (Å²) < 4.78 is 10.1. The molecule has 0 fully saturated rings. The lowest BCUT2D eigenvalue weighted by molar-refractivity contribution is -0.120. The standard InChI is InChI=1S/C17H14Cl2N4O4/c1-2-26-17(25)15-22-16(27-23-15)8-5-9(18)13(19)14-12(8)7-6-11(24)20-4-3-10(7)21-14/h5,21H,2-4,6H2,1H3,(H,20,24). The van der Waals surface area contributed by atoms with Crippen molar-refractivity contribution in [2.24, 2.45) is 0 Å². The zero-order valence-electron chi connectivity index (χ0n) is 14.2. The average Bonchev–Trinajstić information content (AvgIpc) is 3.21. The van der Waals surface area contributed by atoms with Crippen LogP contribution in [0.25, 0.3) is 22.4 Å². The number of hydrogen-bond donors (Lipinski definition) is 2. The van der Waals surface area contributed by atoms with Gasteiger partial charge in [0.2, 0.25) is 5.91 Å². The van der Waals surface area contributed by atoms with Crippen molar-refractivity contribution in [3.8, 4) is 11.5 Å². The number of amides is 1. The minimum absolute atomic E-state index is 0.0908. The maximum absolute atomic E-state index is 12.1. The summed E-state index contributed by atoms with van der Waals surface area (Å²) >= 11 is 12.6. The van der Waals surface area contributed by atoms with Gasteiger partial charge in [-0.05, 0) is 23.7 Å². The van der Waals surface area contributed by atoms with E-state index in [1.54, 1.807) is 13.0 Å². The highest BCUT2D eigenvalue weighted by Crippen LogP contribution is 2.41. The Morgan fingerprint density at radius 3 is 3.00 bits per heavy atom. The van der Waals surface area contributed by atoms with Gasteiger partial charge in [0, 0.05) is 24.0 Å². The number of ether oxygens (including phenoxy) is 1. The van der Waals surface area contributed by atoms with Crippen molar-refractivity contribution >= 4 is 46.0 Å². The number of carbonyl (C=O) groups excluding carboxylic acids is 2. The van der Waals surface area contributed by atoms with E-state index in [-0.39, 0.29) is 35.7 Å². The number of benzene rings is 1. The first-order valence-electron chi connectivity index (χ1n) is 8.29. The second kappa shape index (κ2) is 6.86. The number of H-pyrrole nitrogens is 1. The van der Waals surface area contributed by atoms with Crippen LogP contribution in [0.5, 0.6) is 0 Å². The van der Waals surface area contributed by atoms with E-state index in [2.05, 4.69) is 20.4 Å². The third-order valence-electron chi connectivity index (χ3n) is 4.31. The number of aromatic amines is 1. The maximum atomic E-state index is 12.1. The van der Waals surface area contributed by atoms with Crippen LogP contribution in [-0.2, 0) is 22.4 Å². The molecule has 140 valence electrons. The molecule has 1 amide bonds. The topological polar surface area (TPSA) is 110 Å². The van der Waals surface area contributed by atoms with Crippen molar-refractivity contribution in [3.05, 3.63) is 33.2 Å². The van der Waals surface area contributed by atoms with Gasteiger partial charge in [-0.2, -0.15) is 4.98 Å². The molecular formula is C17H14Cl2N4O4. The first-order chi connectivity index (χ1) is 13.0. The Hall–Kier alpha value is -2.58. The third kappa shape index (κ3) is 3.04. The molecule has 8 nitrogen and oxygen atoms in total. The largest absolute Gasteiger partial charge is 0.460 e. The molecule has 2 N–H and O–H groups in total. The lowest BCUT2D eigenvalue weighted by Crippen LogP contribution is -2.24. The SMILES string of the molecule is CCOC(=O)c1noc(-c2cc(Cl)c(Cl)c3[nH]c4c(c23)CC(=O)NCC4)n1. The summed E-state index contributed by atoms with van der Waals surface area (Å²) in [5.41, 5.74) is 2.77. The molecule has 0 spiro atoms. The van der Waals surface area contributed by atoms with E-state index in [1.807, 2.05) is 0 Å². The van der Waals surface area contributed by atoms with Crippen LogP contribution in [-0.4, -0.2) is 40.2 Å². The van der Waals surface area contributed by atoms with Crippen molar-refractivity contribution in [2.75, 3.05) is 13.2 Å². The van der Waals surface area contributed by atoms with E-state index in [0.29, 0.717) is 34.5 Å². The second-order valence-corrected chi connectivity index (χ2v) is 6.76. The lowest BCUT2D eigenvalue weighted by atomic mass is 10.0. The molecule has 1 aliphatic rings. The molecule has 0 atom stereocenters. The smallest absolute Gasteiger partial charge is 0.379 e. The number of aromatic nitrogens is 3. The van der Waals surface area contributed by atoms with E-state index in [9.17, 15) is 9.59 Å². The van der Waals surface area contributed by atoms with Crippen LogP contribution in [0.3, 0.4) is 0 Å². The Kier molecular flexibility index (Phi) is 4.53. The van der Waals surface area contributed by atoms with Crippen LogP contribution in [0.1, 0.15) is 28.8 Å². The molecule has 2 aromatic heterocycles. The quantitative estimate of drug-likeness (QED) is 0.644. The number of hydrogen-bond acceptors (Lipinski definition) is 6. The van der Waals surface area contributed by atoms with Gasteiger partial charge in [0.15, 0.2) is 0 Å². The number of nitrogens with zero attached hydrogens (tertiary/aromatic N) is 2. The summed E-state index contributed by atoms with van der Waals surface area (Å²) in [5, 5.41) is 7.81. The minimum atomic E-state index is -0.684. The van der Waals surface area contributed by atoms with Crippen LogP contribution >= 0.6 is 23.2 Å². The zero-order valence-corrected chi connectivity index (χ0v) is 15.7. The molecule has 0 unspecified atom stereocenters. The van der Waals surface area contributed by atoms with Crippen molar-refractivity contribution < 1.29 is 18.8 Å². The van der Waals surface area contributed by atoms with E-state index in [4.69, 9.17) is 32.5 Å². The van der Waals surface area contributed by atoms with E-state index in [1.165, 1.54) is 0 Å². The summed E-state index contributed by atoms with van der Waals surface area (Å²) in [6.07, 6.45) is 0.806. The number of nitrogens with one attached hydrogen (secondary N) is 2. The van der Waals surface area contributed by atoms with Gasteiger partial charge in [-0.25, -0.2) is 4.79 Å². The molecule has 1 aromatic carbocycles. The van der Waals surface area contributed by atoms with Gasteiger partial charge >= 0.3 is 5.97 Å². The summed E-state index contributed by atoms with van der Waals surface area (Å²) in [6, 6.07) is 1.59. The molecule has 0 radical (unpaired) electrons. The molecule has 1 aliphatic heterocycles. The molecule has 3 heterocycles. The van der Waals surface area contributed by atoms with E-state index >= 15 is 0 Å². The van der Waals surface area contributed by atoms with E-state index < -0.39 is 5.97 Å². The number of carbonyl (C=O) groups is 2. The summed E-state index contributed by atoms with van der Waals surface area (Å²) in [6.45, 7) is 2.40. The normalized spacial score (nSPS) is 14.0. The fraction of sp³-hybridized carbons (Fsp3) is 0.294. The van der Waals surface area contributed by atoms with Crippen molar-refractivity contribution in [1.29, 1.82) is 0 Å². The monoisotopic (exact) mass is 408 g/mol. The van der Waals surface area contributed by atoms with Gasteiger partial charge in [-0.1, -0.05) is 23.2 Å². The van der Waals surface area contributed by atoms with Crippen molar-refractivity contribution in [2.45, 2.75) is 19.8 Å². The van der Waals surface area contributed by atoms with Gasteiger partial charge in [0.05, 0.1) is 34.2 Å². The molecular weight excluding hydrogens is 395 g/mol. The molecule has 27 heavy (non-hydrogen) atoms. The number of esters is 1. The summed E-state index contributed by atoms with van der Waals surface area (Å²) in [5.74, 6) is -0.876. The predicted molar refractivity (Wildman–Crippen MR) is 98.0 cm³/mol. The van der Waals surface area contributed by atoms with Crippen LogP contribution in [0, 0.1) is 0 Å². The molecule has 10 heteroatoms. The highest BCUT2D eigenvalue weighted by atomic mass is 35.5. The zero-order chi connectivity index (χ0) is 19.1. The molecule has 3 aromatic rings. The van der Waals surface area contributed by atoms with Gasteiger partial charge < -0.3 is 19.6 Å². The maximum Gasteiger partial charge on any atom is 0.379 e. The molecule has 0 saturated heterocycles. The summed E-state index contributed by atoms with van der Waals surface area (Å²) in [7, 11) is 0. The highest BCUT2D eigenvalue weighted by molar-refractivity contribution is 6.45. The molecule has 0 saturated carbocycles. The predicted octanol–water partition coefficient (Wildman–Crippen LogP) is 2.92. The fourth-order valence-electron chi connectivity index (χ4n) is 3.17. The van der Waals surface area contributed by atoms with Gasteiger partial charge in [0.1, 0.15) is 0 Å². The van der Waals surface area contributed by atoms with E-state index in [0.717, 1.165) is 11.3 Å². The van der Waals surface area contributed by atoms with Crippen LogP contribution in [0.15, 0.2) is 10.6 Å². The highest BCUT2D eigenvalue weighted by Gasteiger charge is 2.26. The first-order valence-corrected chi connectivity index (χ1v) is 9.04.